The fraction of sp³-hybridized carbons (Fsp3) is 0.125. The molecule has 0 fully saturated rings. The van der Waals surface area contributed by atoms with Crippen LogP contribution in [-0.2, 0) is 0 Å². The number of hydrogen-bond acceptors (Lipinski definition) is 2. The SMILES string of the molecule is CN(C)c1cccc(/C=C/c2ccc(N)cc2)c1. The van der Waals surface area contributed by atoms with Gasteiger partial charge in [-0.3, -0.25) is 0 Å². The number of nitrogens with two attached hydrogens (primary N) is 1. The highest BCUT2D eigenvalue weighted by molar-refractivity contribution is 5.72. The smallest absolute Gasteiger partial charge is 0.0367 e. The third-order valence-electron chi connectivity index (χ3n) is 2.79. The Labute approximate surface area is 108 Å². The van der Waals surface area contributed by atoms with Crippen LogP contribution in [0.2, 0.25) is 0 Å². The second-order valence-electron chi connectivity index (χ2n) is 4.49. The molecule has 0 aliphatic rings. The number of hydrogen-bond donors (Lipinski definition) is 1. The molecule has 0 unspecified atom stereocenters. The molecule has 0 bridgehead atoms. The molecule has 2 aromatic rings. The van der Waals surface area contributed by atoms with Crippen molar-refractivity contribution in [2.24, 2.45) is 0 Å². The van der Waals surface area contributed by atoms with E-state index < -0.39 is 0 Å². The molecule has 2 N–H and O–H groups in total. The molecule has 0 saturated carbocycles. The summed E-state index contributed by atoms with van der Waals surface area (Å²) in [4.78, 5) is 2.10. The Morgan fingerprint density at radius 3 is 2.22 bits per heavy atom. The van der Waals surface area contributed by atoms with E-state index in [2.05, 4.69) is 41.3 Å². The summed E-state index contributed by atoms with van der Waals surface area (Å²) in [5.41, 5.74) is 10.00. The maximum Gasteiger partial charge on any atom is 0.0367 e. The minimum absolute atomic E-state index is 0.793. The first-order valence-electron chi connectivity index (χ1n) is 5.96. The number of rotatable bonds is 3. The topological polar surface area (TPSA) is 29.3 Å². The summed E-state index contributed by atoms with van der Waals surface area (Å²) in [6.07, 6.45) is 4.20. The Balaban J connectivity index is 2.18. The second-order valence-corrected chi connectivity index (χ2v) is 4.49. The van der Waals surface area contributed by atoms with Gasteiger partial charge in [-0.05, 0) is 35.4 Å². The highest BCUT2D eigenvalue weighted by atomic mass is 15.1. The first-order valence-corrected chi connectivity index (χ1v) is 5.96. The lowest BCUT2D eigenvalue weighted by Crippen LogP contribution is -2.08. The van der Waals surface area contributed by atoms with Crippen molar-refractivity contribution in [3.8, 4) is 0 Å². The fourth-order valence-corrected chi connectivity index (χ4v) is 1.71. The number of nitrogens with zero attached hydrogens (tertiary/aromatic N) is 1. The Kier molecular flexibility index (Phi) is 3.68. The minimum atomic E-state index is 0.793. The van der Waals surface area contributed by atoms with Gasteiger partial charge in [-0.2, -0.15) is 0 Å². The van der Waals surface area contributed by atoms with Crippen molar-refractivity contribution in [2.75, 3.05) is 24.7 Å². The van der Waals surface area contributed by atoms with Crippen molar-refractivity contribution in [3.05, 3.63) is 59.7 Å². The molecule has 2 heteroatoms. The molecule has 2 rings (SSSR count). The summed E-state index contributed by atoms with van der Waals surface area (Å²) >= 11 is 0. The Bertz CT molecular complexity index is 539. The highest BCUT2D eigenvalue weighted by Gasteiger charge is 1.94. The summed E-state index contributed by atoms with van der Waals surface area (Å²) in [5, 5.41) is 0. The van der Waals surface area contributed by atoms with Crippen LogP contribution >= 0.6 is 0 Å². The molecule has 0 aromatic heterocycles. The highest BCUT2D eigenvalue weighted by Crippen LogP contribution is 2.16. The molecule has 0 spiro atoms. The van der Waals surface area contributed by atoms with Crippen LogP contribution in [0.1, 0.15) is 11.1 Å². The maximum absolute atomic E-state index is 5.66. The van der Waals surface area contributed by atoms with Crippen LogP contribution in [0.4, 0.5) is 11.4 Å². The normalized spacial score (nSPS) is 10.8. The summed E-state index contributed by atoms with van der Waals surface area (Å²) in [5.74, 6) is 0. The summed E-state index contributed by atoms with van der Waals surface area (Å²) in [6.45, 7) is 0. The lowest BCUT2D eigenvalue weighted by molar-refractivity contribution is 1.13. The molecule has 0 radical (unpaired) electrons. The predicted molar refractivity (Wildman–Crippen MR) is 80.6 cm³/mol. The standard InChI is InChI=1S/C16H18N2/c1-18(2)16-5-3-4-14(12-16)7-6-13-8-10-15(17)11-9-13/h3-12H,17H2,1-2H3/b7-6+. The van der Waals surface area contributed by atoms with E-state index in [9.17, 15) is 0 Å². The van der Waals surface area contributed by atoms with Crippen LogP contribution in [0.15, 0.2) is 48.5 Å². The molecule has 18 heavy (non-hydrogen) atoms. The molecule has 0 aliphatic heterocycles. The molecule has 0 atom stereocenters. The molecular weight excluding hydrogens is 220 g/mol. The van der Waals surface area contributed by atoms with Gasteiger partial charge in [-0.15, -0.1) is 0 Å². The largest absolute Gasteiger partial charge is 0.399 e. The zero-order valence-corrected chi connectivity index (χ0v) is 10.8. The average molecular weight is 238 g/mol. The summed E-state index contributed by atoms with van der Waals surface area (Å²) in [6, 6.07) is 16.3. The minimum Gasteiger partial charge on any atom is -0.399 e. The lowest BCUT2D eigenvalue weighted by atomic mass is 10.1. The maximum atomic E-state index is 5.66. The van der Waals surface area contributed by atoms with Crippen LogP contribution in [0.5, 0.6) is 0 Å². The van der Waals surface area contributed by atoms with Gasteiger partial charge in [-0.1, -0.05) is 36.4 Å². The Morgan fingerprint density at radius 2 is 1.56 bits per heavy atom. The van der Waals surface area contributed by atoms with Crippen LogP contribution in [-0.4, -0.2) is 14.1 Å². The first-order chi connectivity index (χ1) is 8.65. The first kappa shape index (κ1) is 12.2. The van der Waals surface area contributed by atoms with E-state index >= 15 is 0 Å². The van der Waals surface area contributed by atoms with E-state index in [0.29, 0.717) is 0 Å². The molecule has 92 valence electrons. The van der Waals surface area contributed by atoms with Gasteiger partial charge >= 0.3 is 0 Å². The van der Waals surface area contributed by atoms with Crippen LogP contribution in [0.3, 0.4) is 0 Å². The Hall–Kier alpha value is -2.22. The van der Waals surface area contributed by atoms with Gasteiger partial charge in [0.05, 0.1) is 0 Å². The number of benzene rings is 2. The van der Waals surface area contributed by atoms with Gasteiger partial charge in [0, 0.05) is 25.5 Å². The van der Waals surface area contributed by atoms with Crippen LogP contribution in [0, 0.1) is 0 Å². The van der Waals surface area contributed by atoms with Crippen molar-refractivity contribution >= 4 is 23.5 Å². The van der Waals surface area contributed by atoms with E-state index in [1.54, 1.807) is 0 Å². The molecule has 0 saturated heterocycles. The molecule has 0 aliphatic carbocycles. The number of anilines is 2. The van der Waals surface area contributed by atoms with E-state index in [1.807, 2.05) is 38.4 Å². The zero-order valence-electron chi connectivity index (χ0n) is 10.8. The Morgan fingerprint density at radius 1 is 0.889 bits per heavy atom. The van der Waals surface area contributed by atoms with Crippen molar-refractivity contribution in [1.82, 2.24) is 0 Å². The van der Waals surface area contributed by atoms with E-state index in [4.69, 9.17) is 5.73 Å². The number of nitrogen functional groups attached to an aromatic ring is 1. The van der Waals surface area contributed by atoms with Gasteiger partial charge in [0.1, 0.15) is 0 Å². The van der Waals surface area contributed by atoms with E-state index in [0.717, 1.165) is 11.3 Å². The van der Waals surface area contributed by atoms with Crippen LogP contribution in [0.25, 0.3) is 12.2 Å². The third kappa shape index (κ3) is 3.14. The summed E-state index contributed by atoms with van der Waals surface area (Å²) < 4.78 is 0. The van der Waals surface area contributed by atoms with Crippen molar-refractivity contribution in [2.45, 2.75) is 0 Å². The van der Waals surface area contributed by atoms with Gasteiger partial charge in [0.2, 0.25) is 0 Å². The van der Waals surface area contributed by atoms with Crippen molar-refractivity contribution < 1.29 is 0 Å². The molecular formula is C16H18N2. The molecule has 2 nitrogen and oxygen atoms in total. The fourth-order valence-electron chi connectivity index (χ4n) is 1.71. The van der Waals surface area contributed by atoms with E-state index in [-0.39, 0.29) is 0 Å². The third-order valence-corrected chi connectivity index (χ3v) is 2.79. The second kappa shape index (κ2) is 5.41. The molecule has 2 aromatic carbocycles. The van der Waals surface area contributed by atoms with Crippen molar-refractivity contribution in [3.63, 3.8) is 0 Å². The monoisotopic (exact) mass is 238 g/mol. The molecule has 0 amide bonds. The van der Waals surface area contributed by atoms with Gasteiger partial charge in [-0.25, -0.2) is 0 Å². The van der Waals surface area contributed by atoms with Gasteiger partial charge in [0.25, 0.3) is 0 Å². The summed E-state index contributed by atoms with van der Waals surface area (Å²) in [7, 11) is 4.09. The quantitative estimate of drug-likeness (QED) is 0.655. The zero-order chi connectivity index (χ0) is 13.0. The van der Waals surface area contributed by atoms with Gasteiger partial charge < -0.3 is 10.6 Å². The average Bonchev–Trinajstić information content (AvgIpc) is 2.38. The predicted octanol–water partition coefficient (Wildman–Crippen LogP) is 3.51. The van der Waals surface area contributed by atoms with Gasteiger partial charge in [0.15, 0.2) is 0 Å². The van der Waals surface area contributed by atoms with E-state index in [1.165, 1.54) is 11.3 Å². The van der Waals surface area contributed by atoms with Crippen LogP contribution < -0.4 is 10.6 Å². The van der Waals surface area contributed by atoms with Crippen molar-refractivity contribution in [1.29, 1.82) is 0 Å². The molecule has 0 heterocycles. The lowest BCUT2D eigenvalue weighted by Gasteiger charge is -2.12.